The first kappa shape index (κ1) is 13.0. The molecule has 21 heavy (non-hydrogen) atoms. The lowest BCUT2D eigenvalue weighted by Crippen LogP contribution is -2.01. The lowest BCUT2D eigenvalue weighted by Gasteiger charge is -2.08. The first-order chi connectivity index (χ1) is 10.1. The predicted molar refractivity (Wildman–Crippen MR) is 77.0 cm³/mol. The van der Waals surface area contributed by atoms with E-state index in [0.717, 1.165) is 17.1 Å². The van der Waals surface area contributed by atoms with E-state index in [9.17, 15) is 10.1 Å². The second kappa shape index (κ2) is 5.20. The van der Waals surface area contributed by atoms with E-state index in [1.54, 1.807) is 24.4 Å². The third kappa shape index (κ3) is 2.53. The number of pyridine rings is 1. The molecule has 0 atom stereocenters. The highest BCUT2D eigenvalue weighted by molar-refractivity contribution is 5.96. The number of hydrogen-bond acceptors (Lipinski definition) is 6. The Balaban J connectivity index is 1.96. The minimum absolute atomic E-state index is 0.00608. The summed E-state index contributed by atoms with van der Waals surface area (Å²) < 4.78 is 5.00. The van der Waals surface area contributed by atoms with Gasteiger partial charge in [0.15, 0.2) is 0 Å². The van der Waals surface area contributed by atoms with Crippen molar-refractivity contribution in [3.8, 4) is 0 Å². The molecule has 2 heterocycles. The van der Waals surface area contributed by atoms with Crippen LogP contribution in [0.4, 0.5) is 11.4 Å². The molecule has 0 bridgehead atoms. The molecule has 1 N–H and O–H groups in total. The quantitative estimate of drug-likeness (QED) is 0.584. The van der Waals surface area contributed by atoms with Gasteiger partial charge in [-0.25, -0.2) is 4.98 Å². The van der Waals surface area contributed by atoms with Crippen LogP contribution < -0.4 is 5.32 Å². The van der Waals surface area contributed by atoms with Crippen molar-refractivity contribution < 1.29 is 9.45 Å². The van der Waals surface area contributed by atoms with Gasteiger partial charge in [0.25, 0.3) is 5.69 Å². The molecule has 0 saturated heterocycles. The Bertz CT molecular complexity index is 813. The molecule has 0 unspecified atom stereocenters. The third-order valence-electron chi connectivity index (χ3n) is 3.08. The summed E-state index contributed by atoms with van der Waals surface area (Å²) in [5, 5.41) is 18.8. The van der Waals surface area contributed by atoms with Crippen molar-refractivity contribution in [2.75, 3.05) is 5.32 Å². The van der Waals surface area contributed by atoms with E-state index in [4.69, 9.17) is 4.52 Å². The Morgan fingerprint density at radius 3 is 2.95 bits per heavy atom. The number of aryl methyl sites for hydroxylation is 1. The number of hydrogen-bond donors (Lipinski definition) is 1. The van der Waals surface area contributed by atoms with E-state index < -0.39 is 4.92 Å². The van der Waals surface area contributed by atoms with Crippen molar-refractivity contribution >= 4 is 22.3 Å². The third-order valence-corrected chi connectivity index (χ3v) is 3.08. The molecule has 0 amide bonds. The van der Waals surface area contributed by atoms with Crippen LogP contribution in [-0.2, 0) is 6.54 Å². The highest BCUT2D eigenvalue weighted by Gasteiger charge is 2.15. The second-order valence-electron chi connectivity index (χ2n) is 4.57. The van der Waals surface area contributed by atoms with Gasteiger partial charge in [0.1, 0.15) is 17.0 Å². The summed E-state index contributed by atoms with van der Waals surface area (Å²) in [7, 11) is 0. The van der Waals surface area contributed by atoms with Gasteiger partial charge in [-0.3, -0.25) is 10.1 Å². The van der Waals surface area contributed by atoms with Crippen LogP contribution in [0.5, 0.6) is 0 Å². The van der Waals surface area contributed by atoms with E-state index in [-0.39, 0.29) is 5.69 Å². The zero-order valence-corrected chi connectivity index (χ0v) is 11.2. The van der Waals surface area contributed by atoms with E-state index >= 15 is 0 Å². The summed E-state index contributed by atoms with van der Waals surface area (Å²) in [6.07, 6.45) is 1.54. The Labute approximate surface area is 119 Å². The molecule has 0 saturated carbocycles. The van der Waals surface area contributed by atoms with E-state index in [0.29, 0.717) is 17.4 Å². The molecule has 106 valence electrons. The van der Waals surface area contributed by atoms with Crippen molar-refractivity contribution in [1.29, 1.82) is 0 Å². The number of rotatable bonds is 4. The summed E-state index contributed by atoms with van der Waals surface area (Å²) in [6, 6.07) is 8.50. The maximum absolute atomic E-state index is 11.0. The number of non-ortho nitro benzene ring substituents is 1. The summed E-state index contributed by atoms with van der Waals surface area (Å²) in [6.45, 7) is 2.29. The summed E-state index contributed by atoms with van der Waals surface area (Å²) >= 11 is 0. The van der Waals surface area contributed by atoms with Crippen LogP contribution in [0.1, 0.15) is 11.5 Å². The number of nitrogens with zero attached hydrogens (tertiary/aromatic N) is 3. The normalized spacial score (nSPS) is 10.7. The SMILES string of the molecule is Cc1cc(CNc2ccc([N+](=O)[O-])c3ncccc23)no1. The number of fused-ring (bicyclic) bond motifs is 1. The number of aromatic nitrogens is 2. The zero-order chi connectivity index (χ0) is 14.8. The van der Waals surface area contributed by atoms with Crippen LogP contribution in [0.25, 0.3) is 10.9 Å². The Morgan fingerprint density at radius 1 is 1.38 bits per heavy atom. The van der Waals surface area contributed by atoms with Gasteiger partial charge < -0.3 is 9.84 Å². The standard InChI is InChI=1S/C14H12N4O3/c1-9-7-10(17-21-9)8-16-12-4-5-13(18(19)20)14-11(12)3-2-6-15-14/h2-7,16H,8H2,1H3. The van der Waals surface area contributed by atoms with Crippen molar-refractivity contribution in [2.24, 2.45) is 0 Å². The predicted octanol–water partition coefficient (Wildman–Crippen LogP) is 3.05. The minimum Gasteiger partial charge on any atom is -0.379 e. The first-order valence-corrected chi connectivity index (χ1v) is 6.33. The van der Waals surface area contributed by atoms with Crippen LogP contribution >= 0.6 is 0 Å². The van der Waals surface area contributed by atoms with Gasteiger partial charge in [-0.15, -0.1) is 0 Å². The van der Waals surface area contributed by atoms with Crippen LogP contribution in [0.2, 0.25) is 0 Å². The molecule has 7 nitrogen and oxygen atoms in total. The number of benzene rings is 1. The molecule has 0 radical (unpaired) electrons. The molecule has 0 fully saturated rings. The van der Waals surface area contributed by atoms with Gasteiger partial charge in [0.2, 0.25) is 0 Å². The lowest BCUT2D eigenvalue weighted by molar-refractivity contribution is -0.383. The molecular formula is C14H12N4O3. The molecule has 3 rings (SSSR count). The first-order valence-electron chi connectivity index (χ1n) is 6.33. The molecule has 0 aliphatic heterocycles. The van der Waals surface area contributed by atoms with Crippen molar-refractivity contribution in [2.45, 2.75) is 13.5 Å². The minimum atomic E-state index is -0.430. The Kier molecular flexibility index (Phi) is 3.23. The maximum atomic E-state index is 11.0. The smallest absolute Gasteiger partial charge is 0.295 e. The van der Waals surface area contributed by atoms with E-state index in [2.05, 4.69) is 15.5 Å². The second-order valence-corrected chi connectivity index (χ2v) is 4.57. The van der Waals surface area contributed by atoms with Crippen LogP contribution in [0.15, 0.2) is 41.1 Å². The topological polar surface area (TPSA) is 94.1 Å². The fourth-order valence-corrected chi connectivity index (χ4v) is 2.15. The van der Waals surface area contributed by atoms with E-state index in [1.807, 2.05) is 13.0 Å². The highest BCUT2D eigenvalue weighted by atomic mass is 16.6. The van der Waals surface area contributed by atoms with Crippen molar-refractivity contribution in [3.05, 3.63) is 58.1 Å². The van der Waals surface area contributed by atoms with E-state index in [1.165, 1.54) is 6.07 Å². The van der Waals surface area contributed by atoms with Gasteiger partial charge in [-0.2, -0.15) is 0 Å². The molecule has 0 aliphatic rings. The van der Waals surface area contributed by atoms with Crippen LogP contribution in [0.3, 0.4) is 0 Å². The van der Waals surface area contributed by atoms with Gasteiger partial charge in [0, 0.05) is 29.4 Å². The summed E-state index contributed by atoms with van der Waals surface area (Å²) in [5.74, 6) is 0.738. The fourth-order valence-electron chi connectivity index (χ4n) is 2.15. The summed E-state index contributed by atoms with van der Waals surface area (Å²) in [5.41, 5.74) is 1.89. The fraction of sp³-hybridized carbons (Fsp3) is 0.143. The maximum Gasteiger partial charge on any atom is 0.295 e. The Morgan fingerprint density at radius 2 is 2.24 bits per heavy atom. The largest absolute Gasteiger partial charge is 0.379 e. The summed E-state index contributed by atoms with van der Waals surface area (Å²) in [4.78, 5) is 14.7. The van der Waals surface area contributed by atoms with Crippen LogP contribution in [0, 0.1) is 17.0 Å². The number of nitrogens with one attached hydrogen (secondary N) is 1. The van der Waals surface area contributed by atoms with Crippen molar-refractivity contribution in [1.82, 2.24) is 10.1 Å². The number of anilines is 1. The molecule has 2 aromatic heterocycles. The van der Waals surface area contributed by atoms with Crippen molar-refractivity contribution in [3.63, 3.8) is 0 Å². The Hall–Kier alpha value is -2.96. The van der Waals surface area contributed by atoms with Gasteiger partial charge in [-0.1, -0.05) is 5.16 Å². The molecule has 3 aromatic rings. The van der Waals surface area contributed by atoms with Gasteiger partial charge in [-0.05, 0) is 25.1 Å². The molecular weight excluding hydrogens is 272 g/mol. The molecule has 1 aromatic carbocycles. The molecule has 7 heteroatoms. The molecule has 0 aliphatic carbocycles. The zero-order valence-electron chi connectivity index (χ0n) is 11.2. The lowest BCUT2D eigenvalue weighted by atomic mass is 10.1. The number of nitro groups is 1. The average Bonchev–Trinajstić information content (AvgIpc) is 2.90. The monoisotopic (exact) mass is 284 g/mol. The van der Waals surface area contributed by atoms with Crippen LogP contribution in [-0.4, -0.2) is 15.1 Å². The highest BCUT2D eigenvalue weighted by Crippen LogP contribution is 2.29. The van der Waals surface area contributed by atoms with Gasteiger partial charge >= 0.3 is 0 Å². The van der Waals surface area contributed by atoms with Gasteiger partial charge in [0.05, 0.1) is 11.5 Å². The molecule has 0 spiro atoms. The average molecular weight is 284 g/mol. The number of nitro benzene ring substituents is 1.